The maximum absolute atomic E-state index is 12.9. The van der Waals surface area contributed by atoms with Gasteiger partial charge in [-0.05, 0) is 25.7 Å². The van der Waals surface area contributed by atoms with Gasteiger partial charge in [-0.2, -0.15) is 0 Å². The molecule has 22 heavy (non-hydrogen) atoms. The Balaban J connectivity index is 2.09. The lowest BCUT2D eigenvalue weighted by atomic mass is 9.85. The average Bonchev–Trinajstić information content (AvgIpc) is 2.64. The normalized spacial score (nSPS) is 23.9. The summed E-state index contributed by atoms with van der Waals surface area (Å²) in [5.74, 6) is 0.283. The van der Waals surface area contributed by atoms with Crippen molar-refractivity contribution in [2.24, 2.45) is 5.92 Å². The Bertz CT molecular complexity index is 430. The fraction of sp³-hybridized carbons (Fsp3) is 0.875. The smallest absolute Gasteiger partial charge is 0.327 e. The van der Waals surface area contributed by atoms with Crippen LogP contribution >= 0.6 is 0 Å². The number of piperidine rings is 1. The van der Waals surface area contributed by atoms with Crippen LogP contribution in [0.3, 0.4) is 0 Å². The molecule has 0 aromatic rings. The minimum atomic E-state index is -0.630. The first kappa shape index (κ1) is 17.2. The molecule has 0 N–H and O–H groups in total. The standard InChI is InChI=1S/C16H29N3O3/c1-12(2)10-19-14(20)16(17(4)15(19)21)6-8-18(9-7-16)13(3)11-22-5/h12-13H,6-11H2,1-5H3/t13-/m1/s1. The number of nitrogens with zero attached hydrogens (tertiary/aromatic N) is 3. The third kappa shape index (κ3) is 2.86. The number of carbonyl (C=O) groups excluding carboxylic acids is 2. The van der Waals surface area contributed by atoms with Crippen LogP contribution in [0, 0.1) is 5.92 Å². The maximum atomic E-state index is 12.9. The number of carbonyl (C=O) groups is 2. The molecule has 2 aliphatic heterocycles. The van der Waals surface area contributed by atoms with Crippen LogP contribution in [0.15, 0.2) is 0 Å². The Kier molecular flexibility index (Phi) is 5.12. The summed E-state index contributed by atoms with van der Waals surface area (Å²) in [6.45, 7) is 9.04. The van der Waals surface area contributed by atoms with Crippen molar-refractivity contribution in [2.45, 2.75) is 45.2 Å². The van der Waals surface area contributed by atoms with Gasteiger partial charge in [-0.3, -0.25) is 14.6 Å². The summed E-state index contributed by atoms with van der Waals surface area (Å²) in [6, 6.07) is 0.198. The van der Waals surface area contributed by atoms with E-state index in [0.29, 0.717) is 38.0 Å². The van der Waals surface area contributed by atoms with Gasteiger partial charge in [-0.1, -0.05) is 13.8 Å². The van der Waals surface area contributed by atoms with Crippen molar-refractivity contribution in [3.63, 3.8) is 0 Å². The summed E-state index contributed by atoms with van der Waals surface area (Å²) >= 11 is 0. The van der Waals surface area contributed by atoms with Crippen molar-refractivity contribution in [3.8, 4) is 0 Å². The molecule has 0 unspecified atom stereocenters. The SMILES string of the molecule is COC[C@@H](C)N1CCC2(CC1)C(=O)N(CC(C)C)C(=O)N2C. The second kappa shape index (κ2) is 6.54. The number of methoxy groups -OCH3 is 1. The highest BCUT2D eigenvalue weighted by Crippen LogP contribution is 2.36. The van der Waals surface area contributed by atoms with Crippen LogP contribution in [0.4, 0.5) is 4.79 Å². The lowest BCUT2D eigenvalue weighted by Gasteiger charge is -2.42. The van der Waals surface area contributed by atoms with Gasteiger partial charge in [0.1, 0.15) is 5.54 Å². The molecular formula is C16H29N3O3. The van der Waals surface area contributed by atoms with Gasteiger partial charge in [0.15, 0.2) is 0 Å². The number of likely N-dealkylation sites (N-methyl/N-ethyl adjacent to an activating group) is 1. The predicted molar refractivity (Wildman–Crippen MR) is 84.6 cm³/mol. The molecule has 6 nitrogen and oxygen atoms in total. The number of amides is 3. The Morgan fingerprint density at radius 1 is 1.18 bits per heavy atom. The second-order valence-corrected chi connectivity index (χ2v) is 7.02. The minimum absolute atomic E-state index is 0.00672. The number of rotatable bonds is 5. The van der Waals surface area contributed by atoms with E-state index in [1.807, 2.05) is 13.8 Å². The van der Waals surface area contributed by atoms with Crippen molar-refractivity contribution in [2.75, 3.05) is 40.4 Å². The van der Waals surface area contributed by atoms with E-state index in [-0.39, 0.29) is 11.9 Å². The van der Waals surface area contributed by atoms with E-state index in [1.165, 1.54) is 4.90 Å². The number of likely N-dealkylation sites (tertiary alicyclic amines) is 1. The first-order chi connectivity index (χ1) is 10.3. The molecule has 1 atom stereocenters. The summed E-state index contributed by atoms with van der Waals surface area (Å²) in [6.07, 6.45) is 1.41. The Morgan fingerprint density at radius 2 is 1.77 bits per heavy atom. The number of hydrogen-bond acceptors (Lipinski definition) is 4. The van der Waals surface area contributed by atoms with Crippen LogP contribution in [0.2, 0.25) is 0 Å². The van der Waals surface area contributed by atoms with E-state index in [0.717, 1.165) is 13.1 Å². The van der Waals surface area contributed by atoms with Crippen LogP contribution in [0.5, 0.6) is 0 Å². The lowest BCUT2D eigenvalue weighted by Crippen LogP contribution is -2.57. The summed E-state index contributed by atoms with van der Waals surface area (Å²) in [4.78, 5) is 30.8. The lowest BCUT2D eigenvalue weighted by molar-refractivity contribution is -0.136. The topological polar surface area (TPSA) is 53.1 Å². The van der Waals surface area contributed by atoms with E-state index >= 15 is 0 Å². The summed E-state index contributed by atoms with van der Waals surface area (Å²) in [7, 11) is 3.48. The molecule has 2 heterocycles. The molecule has 0 aromatic heterocycles. The molecule has 0 saturated carbocycles. The minimum Gasteiger partial charge on any atom is -0.383 e. The molecule has 0 aromatic carbocycles. The average molecular weight is 311 g/mol. The van der Waals surface area contributed by atoms with Crippen LogP contribution < -0.4 is 0 Å². The molecule has 6 heteroatoms. The van der Waals surface area contributed by atoms with E-state index in [4.69, 9.17) is 4.74 Å². The second-order valence-electron chi connectivity index (χ2n) is 7.02. The molecule has 2 rings (SSSR count). The zero-order chi connectivity index (χ0) is 16.5. The zero-order valence-electron chi connectivity index (χ0n) is 14.5. The number of imide groups is 1. The quantitative estimate of drug-likeness (QED) is 0.720. The van der Waals surface area contributed by atoms with Crippen LogP contribution in [0.1, 0.15) is 33.6 Å². The molecule has 0 radical (unpaired) electrons. The third-order valence-electron chi connectivity index (χ3n) is 5.01. The fourth-order valence-corrected chi connectivity index (χ4v) is 3.60. The van der Waals surface area contributed by atoms with Crippen molar-refractivity contribution in [3.05, 3.63) is 0 Å². The molecule has 0 aliphatic carbocycles. The fourth-order valence-electron chi connectivity index (χ4n) is 3.60. The van der Waals surface area contributed by atoms with E-state index in [9.17, 15) is 9.59 Å². The van der Waals surface area contributed by atoms with Gasteiger partial charge in [-0.25, -0.2) is 4.79 Å². The largest absolute Gasteiger partial charge is 0.383 e. The van der Waals surface area contributed by atoms with Crippen LogP contribution in [-0.4, -0.2) is 78.6 Å². The molecule has 3 amide bonds. The Morgan fingerprint density at radius 3 is 2.27 bits per heavy atom. The third-order valence-corrected chi connectivity index (χ3v) is 5.01. The van der Waals surface area contributed by atoms with Crippen molar-refractivity contribution in [1.29, 1.82) is 0 Å². The maximum Gasteiger partial charge on any atom is 0.327 e. The van der Waals surface area contributed by atoms with Crippen molar-refractivity contribution >= 4 is 11.9 Å². The summed E-state index contributed by atoms with van der Waals surface area (Å²) in [5.41, 5.74) is -0.630. The van der Waals surface area contributed by atoms with E-state index < -0.39 is 5.54 Å². The highest BCUT2D eigenvalue weighted by Gasteiger charge is 2.56. The molecule has 1 spiro atoms. The molecule has 0 bridgehead atoms. The van der Waals surface area contributed by atoms with Gasteiger partial charge in [0, 0.05) is 39.8 Å². The molecule has 2 saturated heterocycles. The van der Waals surface area contributed by atoms with Gasteiger partial charge in [0.25, 0.3) is 5.91 Å². The van der Waals surface area contributed by atoms with Gasteiger partial charge in [-0.15, -0.1) is 0 Å². The first-order valence-electron chi connectivity index (χ1n) is 8.16. The molecule has 2 fully saturated rings. The number of hydrogen-bond donors (Lipinski definition) is 0. The molecule has 126 valence electrons. The molecule has 2 aliphatic rings. The first-order valence-corrected chi connectivity index (χ1v) is 8.16. The van der Waals surface area contributed by atoms with Gasteiger partial charge in [0.2, 0.25) is 0 Å². The predicted octanol–water partition coefficient (Wildman–Crippen LogP) is 1.41. The zero-order valence-corrected chi connectivity index (χ0v) is 14.5. The Labute approximate surface area is 133 Å². The summed E-state index contributed by atoms with van der Waals surface area (Å²) in [5, 5.41) is 0. The van der Waals surface area contributed by atoms with Crippen LogP contribution in [-0.2, 0) is 9.53 Å². The van der Waals surface area contributed by atoms with Gasteiger partial charge in [0.05, 0.1) is 6.61 Å². The molecular weight excluding hydrogens is 282 g/mol. The van der Waals surface area contributed by atoms with E-state index in [2.05, 4.69) is 11.8 Å². The van der Waals surface area contributed by atoms with Crippen molar-refractivity contribution < 1.29 is 14.3 Å². The highest BCUT2D eigenvalue weighted by molar-refractivity contribution is 6.07. The van der Waals surface area contributed by atoms with Gasteiger partial charge >= 0.3 is 6.03 Å². The van der Waals surface area contributed by atoms with Crippen LogP contribution in [0.25, 0.3) is 0 Å². The van der Waals surface area contributed by atoms with E-state index in [1.54, 1.807) is 19.1 Å². The number of ether oxygens (including phenoxy) is 1. The van der Waals surface area contributed by atoms with Crippen molar-refractivity contribution in [1.82, 2.24) is 14.7 Å². The Hall–Kier alpha value is -1.14. The summed E-state index contributed by atoms with van der Waals surface area (Å²) < 4.78 is 5.21. The van der Waals surface area contributed by atoms with Gasteiger partial charge < -0.3 is 9.64 Å². The monoisotopic (exact) mass is 311 g/mol. The highest BCUT2D eigenvalue weighted by atomic mass is 16.5. The number of urea groups is 1.